The fourth-order valence-corrected chi connectivity index (χ4v) is 2.19. The third-order valence-corrected chi connectivity index (χ3v) is 2.99. The van der Waals surface area contributed by atoms with Crippen LogP contribution in [0, 0.1) is 0 Å². The summed E-state index contributed by atoms with van der Waals surface area (Å²) >= 11 is 0. The minimum atomic E-state index is 0.266. The molecule has 1 saturated heterocycles. The first-order chi connectivity index (χ1) is 6.36. The third-order valence-electron chi connectivity index (χ3n) is 2.99. The van der Waals surface area contributed by atoms with E-state index in [2.05, 4.69) is 0 Å². The van der Waals surface area contributed by atoms with Gasteiger partial charge in [0.05, 0.1) is 18.8 Å². The lowest BCUT2D eigenvalue weighted by atomic mass is 10.1. The van der Waals surface area contributed by atoms with Crippen molar-refractivity contribution in [1.29, 1.82) is 0 Å². The second-order valence-corrected chi connectivity index (χ2v) is 4.11. The molecule has 76 valence electrons. The normalized spacial score (nSPS) is 40.8. The molecular weight excluding hydrogens is 166 g/mol. The summed E-state index contributed by atoms with van der Waals surface area (Å²) in [6, 6.07) is 0.266. The summed E-state index contributed by atoms with van der Waals surface area (Å²) in [7, 11) is 0. The maximum Gasteiger partial charge on any atom is 0.0813 e. The van der Waals surface area contributed by atoms with Gasteiger partial charge in [-0.2, -0.15) is 0 Å². The molecule has 2 fully saturated rings. The van der Waals surface area contributed by atoms with E-state index in [-0.39, 0.29) is 6.04 Å². The SMILES string of the molecule is NC1CCCC1OC1CCCOC1. The topological polar surface area (TPSA) is 44.5 Å². The van der Waals surface area contributed by atoms with Gasteiger partial charge in [0.1, 0.15) is 0 Å². The lowest BCUT2D eigenvalue weighted by molar-refractivity contribution is -0.0851. The Balaban J connectivity index is 1.75. The maximum atomic E-state index is 5.93. The van der Waals surface area contributed by atoms with E-state index in [4.69, 9.17) is 15.2 Å². The summed E-state index contributed by atoms with van der Waals surface area (Å²) in [5.74, 6) is 0. The van der Waals surface area contributed by atoms with Crippen LogP contribution in [0.2, 0.25) is 0 Å². The largest absolute Gasteiger partial charge is 0.379 e. The number of hydrogen-bond acceptors (Lipinski definition) is 3. The summed E-state index contributed by atoms with van der Waals surface area (Å²) in [6.45, 7) is 1.67. The van der Waals surface area contributed by atoms with Crippen LogP contribution in [-0.4, -0.2) is 31.5 Å². The number of rotatable bonds is 2. The van der Waals surface area contributed by atoms with Crippen LogP contribution < -0.4 is 5.73 Å². The van der Waals surface area contributed by atoms with Gasteiger partial charge in [0.15, 0.2) is 0 Å². The Morgan fingerprint density at radius 3 is 2.69 bits per heavy atom. The minimum Gasteiger partial charge on any atom is -0.379 e. The van der Waals surface area contributed by atoms with E-state index in [1.165, 1.54) is 6.42 Å². The van der Waals surface area contributed by atoms with Crippen LogP contribution in [0.1, 0.15) is 32.1 Å². The molecule has 3 heteroatoms. The number of ether oxygens (including phenoxy) is 2. The summed E-state index contributed by atoms with van der Waals surface area (Å²) in [6.07, 6.45) is 6.36. The van der Waals surface area contributed by atoms with E-state index in [9.17, 15) is 0 Å². The maximum absolute atomic E-state index is 5.93. The lowest BCUT2D eigenvalue weighted by Crippen LogP contribution is -2.37. The molecule has 0 aromatic rings. The Morgan fingerprint density at radius 1 is 1.15 bits per heavy atom. The highest BCUT2D eigenvalue weighted by atomic mass is 16.5. The quantitative estimate of drug-likeness (QED) is 0.699. The van der Waals surface area contributed by atoms with Gasteiger partial charge in [-0.15, -0.1) is 0 Å². The minimum absolute atomic E-state index is 0.266. The van der Waals surface area contributed by atoms with Crippen molar-refractivity contribution < 1.29 is 9.47 Å². The molecule has 0 spiro atoms. The van der Waals surface area contributed by atoms with Gasteiger partial charge in [-0.1, -0.05) is 0 Å². The zero-order valence-electron chi connectivity index (χ0n) is 8.08. The van der Waals surface area contributed by atoms with Crippen molar-refractivity contribution in [3.05, 3.63) is 0 Å². The monoisotopic (exact) mass is 185 g/mol. The molecule has 0 bridgehead atoms. The van der Waals surface area contributed by atoms with Crippen molar-refractivity contribution >= 4 is 0 Å². The zero-order chi connectivity index (χ0) is 9.10. The Labute approximate surface area is 79.6 Å². The predicted octanol–water partition coefficient (Wildman–Crippen LogP) is 1.06. The molecule has 2 rings (SSSR count). The van der Waals surface area contributed by atoms with E-state index in [0.717, 1.165) is 38.9 Å². The molecule has 3 atom stereocenters. The average molecular weight is 185 g/mol. The van der Waals surface area contributed by atoms with Crippen LogP contribution in [0.5, 0.6) is 0 Å². The van der Waals surface area contributed by atoms with Crippen molar-refractivity contribution in [1.82, 2.24) is 0 Å². The smallest absolute Gasteiger partial charge is 0.0813 e. The zero-order valence-corrected chi connectivity index (χ0v) is 8.08. The molecule has 0 radical (unpaired) electrons. The highest BCUT2D eigenvalue weighted by Gasteiger charge is 2.28. The summed E-state index contributed by atoms with van der Waals surface area (Å²) in [5.41, 5.74) is 5.93. The third kappa shape index (κ3) is 2.42. The molecule has 3 unspecified atom stereocenters. The lowest BCUT2D eigenvalue weighted by Gasteiger charge is -2.27. The molecule has 0 aromatic heterocycles. The van der Waals surface area contributed by atoms with Gasteiger partial charge in [-0.3, -0.25) is 0 Å². The highest BCUT2D eigenvalue weighted by molar-refractivity contribution is 4.82. The first-order valence-electron chi connectivity index (χ1n) is 5.35. The first-order valence-corrected chi connectivity index (χ1v) is 5.35. The van der Waals surface area contributed by atoms with Crippen molar-refractivity contribution in [2.75, 3.05) is 13.2 Å². The molecule has 0 amide bonds. The highest BCUT2D eigenvalue weighted by Crippen LogP contribution is 2.23. The number of hydrogen-bond donors (Lipinski definition) is 1. The van der Waals surface area contributed by atoms with E-state index in [0.29, 0.717) is 12.2 Å². The average Bonchev–Trinajstić information content (AvgIpc) is 2.54. The van der Waals surface area contributed by atoms with Crippen LogP contribution >= 0.6 is 0 Å². The summed E-state index contributed by atoms with van der Waals surface area (Å²) in [5, 5.41) is 0. The van der Waals surface area contributed by atoms with Crippen LogP contribution in [0.25, 0.3) is 0 Å². The molecule has 1 saturated carbocycles. The Morgan fingerprint density at radius 2 is 2.08 bits per heavy atom. The summed E-state index contributed by atoms with van der Waals surface area (Å²) in [4.78, 5) is 0. The van der Waals surface area contributed by atoms with Gasteiger partial charge in [0, 0.05) is 12.6 Å². The summed E-state index contributed by atoms with van der Waals surface area (Å²) < 4.78 is 11.3. The fraction of sp³-hybridized carbons (Fsp3) is 1.00. The number of nitrogens with two attached hydrogens (primary N) is 1. The molecule has 3 nitrogen and oxygen atoms in total. The van der Waals surface area contributed by atoms with Crippen LogP contribution in [0.15, 0.2) is 0 Å². The molecule has 2 aliphatic rings. The molecule has 1 aliphatic carbocycles. The van der Waals surface area contributed by atoms with Gasteiger partial charge >= 0.3 is 0 Å². The van der Waals surface area contributed by atoms with Crippen LogP contribution in [-0.2, 0) is 9.47 Å². The fourth-order valence-electron chi connectivity index (χ4n) is 2.19. The van der Waals surface area contributed by atoms with Gasteiger partial charge in [0.25, 0.3) is 0 Å². The van der Waals surface area contributed by atoms with Crippen molar-refractivity contribution in [3.8, 4) is 0 Å². The standard InChI is InChI=1S/C10H19NO2/c11-9-4-1-5-10(9)13-8-3-2-6-12-7-8/h8-10H,1-7,11H2. The van der Waals surface area contributed by atoms with Crippen molar-refractivity contribution in [3.63, 3.8) is 0 Å². The molecule has 0 aromatic carbocycles. The van der Waals surface area contributed by atoms with Crippen molar-refractivity contribution in [2.45, 2.75) is 50.4 Å². The van der Waals surface area contributed by atoms with Gasteiger partial charge in [-0.25, -0.2) is 0 Å². The molecular formula is C10H19NO2. The Bertz CT molecular complexity index is 157. The van der Waals surface area contributed by atoms with Gasteiger partial charge in [-0.05, 0) is 32.1 Å². The van der Waals surface area contributed by atoms with Crippen LogP contribution in [0.3, 0.4) is 0 Å². The van der Waals surface area contributed by atoms with E-state index in [1.807, 2.05) is 0 Å². The van der Waals surface area contributed by atoms with Gasteiger partial charge < -0.3 is 15.2 Å². The molecule has 1 heterocycles. The first kappa shape index (κ1) is 9.44. The molecule has 13 heavy (non-hydrogen) atoms. The van der Waals surface area contributed by atoms with E-state index >= 15 is 0 Å². The second-order valence-electron chi connectivity index (χ2n) is 4.11. The second kappa shape index (κ2) is 4.40. The predicted molar refractivity (Wildman–Crippen MR) is 50.5 cm³/mol. The molecule has 2 N–H and O–H groups in total. The van der Waals surface area contributed by atoms with Gasteiger partial charge in [0.2, 0.25) is 0 Å². The molecule has 1 aliphatic heterocycles. The van der Waals surface area contributed by atoms with Crippen LogP contribution in [0.4, 0.5) is 0 Å². The Kier molecular flexibility index (Phi) is 3.19. The van der Waals surface area contributed by atoms with E-state index < -0.39 is 0 Å². The van der Waals surface area contributed by atoms with E-state index in [1.54, 1.807) is 0 Å². The van der Waals surface area contributed by atoms with Crippen molar-refractivity contribution in [2.24, 2.45) is 5.73 Å². The Hall–Kier alpha value is -0.120.